The van der Waals surface area contributed by atoms with E-state index in [1.165, 1.54) is 16.9 Å². The van der Waals surface area contributed by atoms with E-state index < -0.39 is 0 Å². The predicted octanol–water partition coefficient (Wildman–Crippen LogP) is 3.92. The second-order valence-electron chi connectivity index (χ2n) is 6.95. The van der Waals surface area contributed by atoms with Gasteiger partial charge in [0, 0.05) is 22.7 Å². The highest BCUT2D eigenvalue weighted by Gasteiger charge is 2.30. The molecule has 0 aliphatic carbocycles. The second-order valence-corrected chi connectivity index (χ2v) is 7.81. The van der Waals surface area contributed by atoms with Gasteiger partial charge in [0.15, 0.2) is 5.13 Å². The fraction of sp³-hybridized carbons (Fsp3) is 0.227. The van der Waals surface area contributed by atoms with Crippen molar-refractivity contribution in [1.82, 2.24) is 4.98 Å². The zero-order valence-electron chi connectivity index (χ0n) is 16.2. The molecule has 0 saturated carbocycles. The summed E-state index contributed by atoms with van der Waals surface area (Å²) in [6, 6.07) is 15.0. The number of carbonyl (C=O) groups excluding carboxylic acids is 2. The molecule has 1 aromatic heterocycles. The summed E-state index contributed by atoms with van der Waals surface area (Å²) in [6.07, 6.45) is 1.07. The molecule has 0 bridgehead atoms. The van der Waals surface area contributed by atoms with E-state index in [-0.39, 0.29) is 24.3 Å². The van der Waals surface area contributed by atoms with Gasteiger partial charge in [-0.1, -0.05) is 18.2 Å². The minimum atomic E-state index is -0.248. The maximum absolute atomic E-state index is 12.9. The van der Waals surface area contributed by atoms with E-state index in [2.05, 4.69) is 23.3 Å². The Hall–Kier alpha value is -3.19. The lowest BCUT2D eigenvalue weighted by atomic mass is 10.1. The van der Waals surface area contributed by atoms with Gasteiger partial charge >= 0.3 is 0 Å². The number of hydrogen-bond donors (Lipinski definition) is 1. The van der Waals surface area contributed by atoms with Crippen LogP contribution in [0.15, 0.2) is 53.9 Å². The molecule has 6 nitrogen and oxygen atoms in total. The van der Waals surface area contributed by atoms with E-state index in [4.69, 9.17) is 4.74 Å². The molecule has 3 aromatic rings. The molecule has 7 heteroatoms. The van der Waals surface area contributed by atoms with Gasteiger partial charge in [-0.3, -0.25) is 14.9 Å². The van der Waals surface area contributed by atoms with Gasteiger partial charge in [0.25, 0.3) is 5.91 Å². The highest BCUT2D eigenvalue weighted by molar-refractivity contribution is 7.14. The highest BCUT2D eigenvalue weighted by atomic mass is 32.1. The van der Waals surface area contributed by atoms with Gasteiger partial charge in [0.05, 0.1) is 19.2 Å². The monoisotopic (exact) mass is 407 g/mol. The van der Waals surface area contributed by atoms with Crippen LogP contribution in [0.1, 0.15) is 28.5 Å². The highest BCUT2D eigenvalue weighted by Crippen LogP contribution is 2.32. The average Bonchev–Trinajstić information content (AvgIpc) is 3.30. The number of para-hydroxylation sites is 1. The first-order valence-corrected chi connectivity index (χ1v) is 10.2. The van der Waals surface area contributed by atoms with Crippen molar-refractivity contribution in [1.29, 1.82) is 0 Å². The van der Waals surface area contributed by atoms with Crippen LogP contribution in [0.2, 0.25) is 0 Å². The predicted molar refractivity (Wildman–Crippen MR) is 114 cm³/mol. The Bertz CT molecular complexity index is 1050. The molecule has 2 amide bonds. The van der Waals surface area contributed by atoms with Crippen LogP contribution in [0, 0.1) is 0 Å². The van der Waals surface area contributed by atoms with Crippen LogP contribution in [0.25, 0.3) is 0 Å². The number of fused-ring (bicyclic) bond motifs is 1. The summed E-state index contributed by atoms with van der Waals surface area (Å²) in [5, 5.41) is 5.08. The van der Waals surface area contributed by atoms with Crippen molar-refractivity contribution < 1.29 is 14.3 Å². The third-order valence-corrected chi connectivity index (χ3v) is 5.74. The van der Waals surface area contributed by atoms with Crippen molar-refractivity contribution in [3.05, 3.63) is 70.7 Å². The molecule has 1 unspecified atom stereocenters. The molecule has 1 aliphatic heterocycles. The van der Waals surface area contributed by atoms with E-state index in [1.807, 2.05) is 28.5 Å². The second kappa shape index (κ2) is 8.05. The minimum Gasteiger partial charge on any atom is -0.497 e. The van der Waals surface area contributed by atoms with Crippen molar-refractivity contribution in [2.75, 3.05) is 17.3 Å². The van der Waals surface area contributed by atoms with E-state index in [0.717, 1.165) is 12.1 Å². The number of ether oxygens (including phenoxy) is 1. The molecule has 148 valence electrons. The quantitative estimate of drug-likeness (QED) is 0.696. The summed E-state index contributed by atoms with van der Waals surface area (Å²) in [7, 11) is 1.58. The Morgan fingerprint density at radius 3 is 2.72 bits per heavy atom. The lowest BCUT2D eigenvalue weighted by Gasteiger charge is -2.22. The van der Waals surface area contributed by atoms with Gasteiger partial charge in [-0.25, -0.2) is 4.98 Å². The lowest BCUT2D eigenvalue weighted by Crippen LogP contribution is -2.36. The van der Waals surface area contributed by atoms with Gasteiger partial charge in [-0.05, 0) is 49.2 Å². The van der Waals surface area contributed by atoms with E-state index >= 15 is 0 Å². The van der Waals surface area contributed by atoms with Crippen molar-refractivity contribution in [2.24, 2.45) is 0 Å². The van der Waals surface area contributed by atoms with Crippen molar-refractivity contribution in [2.45, 2.75) is 25.8 Å². The Morgan fingerprint density at radius 2 is 1.97 bits per heavy atom. The normalized spacial score (nSPS) is 15.1. The fourth-order valence-corrected chi connectivity index (χ4v) is 4.25. The van der Waals surface area contributed by atoms with E-state index in [0.29, 0.717) is 22.1 Å². The van der Waals surface area contributed by atoms with E-state index in [9.17, 15) is 9.59 Å². The minimum absolute atomic E-state index is 0.0146. The first-order chi connectivity index (χ1) is 14.0. The summed E-state index contributed by atoms with van der Waals surface area (Å²) >= 11 is 1.31. The number of carbonyl (C=O) groups is 2. The van der Waals surface area contributed by atoms with Gasteiger partial charge < -0.3 is 9.64 Å². The maximum atomic E-state index is 12.9. The molecule has 0 radical (unpaired) electrons. The van der Waals surface area contributed by atoms with Gasteiger partial charge in [0.2, 0.25) is 5.91 Å². The van der Waals surface area contributed by atoms with Crippen molar-refractivity contribution in [3.8, 4) is 5.75 Å². The molecular weight excluding hydrogens is 386 g/mol. The number of nitrogens with zero attached hydrogens (tertiary/aromatic N) is 2. The van der Waals surface area contributed by atoms with Crippen LogP contribution in [-0.2, 0) is 17.6 Å². The molecule has 29 heavy (non-hydrogen) atoms. The topological polar surface area (TPSA) is 71.5 Å². The summed E-state index contributed by atoms with van der Waals surface area (Å²) in [5.74, 6) is 0.456. The molecule has 2 aromatic carbocycles. The molecule has 1 N–H and O–H groups in total. The molecule has 1 atom stereocenters. The Kier molecular flexibility index (Phi) is 5.31. The number of benzene rings is 2. The Labute approximate surface area is 173 Å². The first-order valence-electron chi connectivity index (χ1n) is 9.35. The zero-order valence-corrected chi connectivity index (χ0v) is 17.0. The number of hydrogen-bond acceptors (Lipinski definition) is 5. The van der Waals surface area contributed by atoms with Crippen LogP contribution in [0.3, 0.4) is 0 Å². The summed E-state index contributed by atoms with van der Waals surface area (Å²) in [5.41, 5.74) is 3.34. The van der Waals surface area contributed by atoms with Crippen LogP contribution < -0.4 is 15.0 Å². The third kappa shape index (κ3) is 4.00. The standard InChI is InChI=1S/C22H21N3O3S/c1-14-11-16-5-3-4-6-19(16)25(14)20(26)12-17-13-29-22(23-17)24-21(27)15-7-9-18(28-2)10-8-15/h3-10,13-14H,11-12H2,1-2H3,(H,23,24,27). The number of anilines is 2. The average molecular weight is 407 g/mol. The number of aromatic nitrogens is 1. The molecule has 0 fully saturated rings. The summed E-state index contributed by atoms with van der Waals surface area (Å²) < 4.78 is 5.10. The largest absolute Gasteiger partial charge is 0.497 e. The Morgan fingerprint density at radius 1 is 1.21 bits per heavy atom. The van der Waals surface area contributed by atoms with Crippen molar-refractivity contribution in [3.63, 3.8) is 0 Å². The fourth-order valence-electron chi connectivity index (χ4n) is 3.54. The van der Waals surface area contributed by atoms with Gasteiger partial charge in [-0.2, -0.15) is 0 Å². The third-order valence-electron chi connectivity index (χ3n) is 4.93. The number of thiazole rings is 1. The van der Waals surface area contributed by atoms with Gasteiger partial charge in [-0.15, -0.1) is 11.3 Å². The smallest absolute Gasteiger partial charge is 0.257 e. The van der Waals surface area contributed by atoms with Crippen molar-refractivity contribution >= 4 is 34.0 Å². The summed E-state index contributed by atoms with van der Waals surface area (Å²) in [6.45, 7) is 2.06. The molecule has 1 aliphatic rings. The number of rotatable bonds is 5. The number of methoxy groups -OCH3 is 1. The molecule has 0 saturated heterocycles. The molecule has 2 heterocycles. The van der Waals surface area contributed by atoms with Crippen LogP contribution >= 0.6 is 11.3 Å². The number of nitrogens with one attached hydrogen (secondary N) is 1. The van der Waals surface area contributed by atoms with E-state index in [1.54, 1.807) is 31.4 Å². The molecule has 0 spiro atoms. The van der Waals surface area contributed by atoms with Crippen LogP contribution in [-0.4, -0.2) is 29.9 Å². The molecular formula is C22H21N3O3S. The molecule has 4 rings (SSSR count). The lowest BCUT2D eigenvalue weighted by molar-refractivity contribution is -0.118. The van der Waals surface area contributed by atoms with Crippen LogP contribution in [0.4, 0.5) is 10.8 Å². The first kappa shape index (κ1) is 19.1. The van der Waals surface area contributed by atoms with Gasteiger partial charge in [0.1, 0.15) is 5.75 Å². The Balaban J connectivity index is 1.41. The number of amides is 2. The SMILES string of the molecule is COc1ccc(C(=O)Nc2nc(CC(=O)N3c4ccccc4CC3C)cs2)cc1. The zero-order chi connectivity index (χ0) is 20.4. The summed E-state index contributed by atoms with van der Waals surface area (Å²) in [4.78, 5) is 31.5. The maximum Gasteiger partial charge on any atom is 0.257 e. The van der Waals surface area contributed by atoms with Crippen LogP contribution in [0.5, 0.6) is 5.75 Å².